The maximum absolute atomic E-state index is 13.0. The van der Waals surface area contributed by atoms with Crippen LogP contribution in [-0.2, 0) is 16.4 Å². The van der Waals surface area contributed by atoms with Gasteiger partial charge in [-0.1, -0.05) is 19.9 Å². The molecule has 3 rings (SSSR count). The number of amides is 1. The third-order valence-corrected chi connectivity index (χ3v) is 8.34. The first-order valence-corrected chi connectivity index (χ1v) is 12.8. The summed E-state index contributed by atoms with van der Waals surface area (Å²) in [4.78, 5) is 21.8. The Morgan fingerprint density at radius 3 is 2.28 bits per heavy atom. The van der Waals surface area contributed by atoms with Gasteiger partial charge >= 0.3 is 0 Å². The summed E-state index contributed by atoms with van der Waals surface area (Å²) in [6, 6.07) is 12.5. The highest BCUT2D eigenvalue weighted by atomic mass is 32.2. The number of piperidine rings is 1. The molecule has 1 aliphatic heterocycles. The van der Waals surface area contributed by atoms with E-state index in [-0.39, 0.29) is 16.8 Å². The summed E-state index contributed by atoms with van der Waals surface area (Å²) < 4.78 is 26.7. The molecule has 0 radical (unpaired) electrons. The summed E-state index contributed by atoms with van der Waals surface area (Å²) >= 11 is 0. The Kier molecular flexibility index (Phi) is 8.39. The summed E-state index contributed by atoms with van der Waals surface area (Å²) in [5, 5.41) is 0. The minimum atomic E-state index is -3.52. The quantitative estimate of drug-likeness (QED) is 0.578. The number of nitrogens with zero attached hydrogens (tertiary/aromatic N) is 4. The van der Waals surface area contributed by atoms with Gasteiger partial charge in [-0.25, -0.2) is 8.42 Å². The van der Waals surface area contributed by atoms with Crippen LogP contribution < -0.4 is 0 Å². The second-order valence-corrected chi connectivity index (χ2v) is 10.1. The first-order valence-electron chi connectivity index (χ1n) is 11.4. The predicted octanol–water partition coefficient (Wildman–Crippen LogP) is 2.89. The van der Waals surface area contributed by atoms with E-state index in [1.807, 2.05) is 44.1 Å². The number of benzene rings is 1. The molecule has 1 saturated heterocycles. The fourth-order valence-electron chi connectivity index (χ4n) is 4.20. The monoisotopic (exact) mass is 458 g/mol. The van der Waals surface area contributed by atoms with Crippen LogP contribution >= 0.6 is 0 Å². The molecule has 8 heteroatoms. The number of rotatable bonds is 9. The molecule has 0 N–H and O–H groups in total. The minimum Gasteiger partial charge on any atom is -0.339 e. The standard InChI is InChI=1S/C24H34N4O3S/c1-4-28(5-2)32(30,31)23-11-9-20(10-12-23)24(29)26(3)22-14-18-27(19-15-22)17-13-21-8-6-7-16-25-21/h6-12,16,22H,4-5,13-15,17-19H2,1-3H3. The molecule has 2 aromatic rings. The van der Waals surface area contributed by atoms with E-state index in [0.717, 1.165) is 44.6 Å². The van der Waals surface area contributed by atoms with E-state index in [2.05, 4.69) is 16.0 Å². The Balaban J connectivity index is 1.54. The van der Waals surface area contributed by atoms with Crippen molar-refractivity contribution in [2.75, 3.05) is 39.8 Å². The molecule has 0 atom stereocenters. The number of aromatic nitrogens is 1. The van der Waals surface area contributed by atoms with E-state index < -0.39 is 10.0 Å². The Bertz CT molecular complexity index is 968. The summed E-state index contributed by atoms with van der Waals surface area (Å²) in [5.74, 6) is -0.0660. The van der Waals surface area contributed by atoms with E-state index >= 15 is 0 Å². The lowest BCUT2D eigenvalue weighted by molar-refractivity contribution is 0.0643. The van der Waals surface area contributed by atoms with Gasteiger partial charge in [0.2, 0.25) is 10.0 Å². The first kappa shape index (κ1) is 24.4. The van der Waals surface area contributed by atoms with Crippen LogP contribution in [0.25, 0.3) is 0 Å². The molecular formula is C24H34N4O3S. The summed E-state index contributed by atoms with van der Waals surface area (Å²) in [6.07, 6.45) is 4.62. The van der Waals surface area contributed by atoms with E-state index in [1.54, 1.807) is 12.1 Å². The molecule has 7 nitrogen and oxygen atoms in total. The number of carbonyl (C=O) groups excluding carboxylic acids is 1. The molecule has 0 saturated carbocycles. The number of hydrogen-bond acceptors (Lipinski definition) is 5. The Labute approximate surface area is 192 Å². The van der Waals surface area contributed by atoms with Crippen LogP contribution in [0, 0.1) is 0 Å². The minimum absolute atomic E-state index is 0.0660. The second-order valence-electron chi connectivity index (χ2n) is 8.17. The third kappa shape index (κ3) is 5.74. The fraction of sp³-hybridized carbons (Fsp3) is 0.500. The van der Waals surface area contributed by atoms with Crippen LogP contribution in [0.1, 0.15) is 42.7 Å². The van der Waals surface area contributed by atoms with Crippen LogP contribution in [0.3, 0.4) is 0 Å². The van der Waals surface area contributed by atoms with Crippen LogP contribution in [0.5, 0.6) is 0 Å². The molecule has 1 aromatic carbocycles. The zero-order chi connectivity index (χ0) is 23.1. The molecule has 1 aliphatic rings. The smallest absolute Gasteiger partial charge is 0.253 e. The van der Waals surface area contributed by atoms with Gasteiger partial charge in [-0.05, 0) is 49.2 Å². The highest BCUT2D eigenvalue weighted by Gasteiger charge is 2.27. The average Bonchev–Trinajstić information content (AvgIpc) is 2.83. The van der Waals surface area contributed by atoms with Crippen molar-refractivity contribution in [2.24, 2.45) is 0 Å². The number of sulfonamides is 1. The largest absolute Gasteiger partial charge is 0.339 e. The Morgan fingerprint density at radius 2 is 1.72 bits per heavy atom. The second kappa shape index (κ2) is 11.0. The highest BCUT2D eigenvalue weighted by Crippen LogP contribution is 2.20. The van der Waals surface area contributed by atoms with Gasteiger partial charge in [0.1, 0.15) is 0 Å². The summed E-state index contributed by atoms with van der Waals surface area (Å²) in [5.41, 5.74) is 1.62. The van der Waals surface area contributed by atoms with Gasteiger partial charge in [-0.15, -0.1) is 0 Å². The molecular weight excluding hydrogens is 424 g/mol. The van der Waals surface area contributed by atoms with Crippen LogP contribution in [0.15, 0.2) is 53.6 Å². The highest BCUT2D eigenvalue weighted by molar-refractivity contribution is 7.89. The van der Waals surface area contributed by atoms with Crippen molar-refractivity contribution in [1.82, 2.24) is 19.1 Å². The van der Waals surface area contributed by atoms with Gasteiger partial charge in [0.15, 0.2) is 0 Å². The van der Waals surface area contributed by atoms with Gasteiger partial charge < -0.3 is 9.80 Å². The van der Waals surface area contributed by atoms with Crippen molar-refractivity contribution in [3.8, 4) is 0 Å². The van der Waals surface area contributed by atoms with E-state index in [4.69, 9.17) is 0 Å². The lowest BCUT2D eigenvalue weighted by atomic mass is 10.0. The van der Waals surface area contributed by atoms with E-state index in [9.17, 15) is 13.2 Å². The van der Waals surface area contributed by atoms with Gasteiger partial charge in [0.25, 0.3) is 5.91 Å². The van der Waals surface area contributed by atoms with Crippen molar-refractivity contribution in [1.29, 1.82) is 0 Å². The summed E-state index contributed by atoms with van der Waals surface area (Å²) in [6.45, 7) is 7.36. The molecule has 0 unspecified atom stereocenters. The predicted molar refractivity (Wildman–Crippen MR) is 126 cm³/mol. The normalized spacial score (nSPS) is 15.8. The molecule has 1 fully saturated rings. The van der Waals surface area contributed by atoms with E-state index in [1.165, 1.54) is 16.4 Å². The number of hydrogen-bond donors (Lipinski definition) is 0. The molecule has 32 heavy (non-hydrogen) atoms. The third-order valence-electron chi connectivity index (χ3n) is 6.28. The van der Waals surface area contributed by atoms with E-state index in [0.29, 0.717) is 18.7 Å². The van der Waals surface area contributed by atoms with Crippen molar-refractivity contribution in [2.45, 2.75) is 44.0 Å². The lowest BCUT2D eigenvalue weighted by Gasteiger charge is -2.36. The van der Waals surface area contributed by atoms with Crippen LogP contribution in [-0.4, -0.2) is 79.2 Å². The average molecular weight is 459 g/mol. The van der Waals surface area contributed by atoms with Crippen LogP contribution in [0.4, 0.5) is 0 Å². The Hall–Kier alpha value is -2.29. The molecule has 0 bridgehead atoms. The maximum Gasteiger partial charge on any atom is 0.253 e. The van der Waals surface area contributed by atoms with Gasteiger partial charge in [-0.3, -0.25) is 9.78 Å². The van der Waals surface area contributed by atoms with Crippen molar-refractivity contribution in [3.63, 3.8) is 0 Å². The maximum atomic E-state index is 13.0. The number of pyridine rings is 1. The van der Waals surface area contributed by atoms with Gasteiger partial charge in [0.05, 0.1) is 4.90 Å². The zero-order valence-electron chi connectivity index (χ0n) is 19.3. The van der Waals surface area contributed by atoms with Gasteiger partial charge in [0, 0.05) is 69.7 Å². The van der Waals surface area contributed by atoms with Crippen molar-refractivity contribution >= 4 is 15.9 Å². The summed E-state index contributed by atoms with van der Waals surface area (Å²) in [7, 11) is -1.67. The molecule has 174 valence electrons. The van der Waals surface area contributed by atoms with Crippen LogP contribution in [0.2, 0.25) is 0 Å². The van der Waals surface area contributed by atoms with Gasteiger partial charge in [-0.2, -0.15) is 4.31 Å². The SMILES string of the molecule is CCN(CC)S(=O)(=O)c1ccc(C(=O)N(C)C2CCN(CCc3ccccn3)CC2)cc1. The molecule has 0 spiro atoms. The topological polar surface area (TPSA) is 73.8 Å². The molecule has 0 aliphatic carbocycles. The molecule has 1 amide bonds. The molecule has 2 heterocycles. The first-order chi connectivity index (χ1) is 15.4. The van der Waals surface area contributed by atoms with Crippen molar-refractivity contribution < 1.29 is 13.2 Å². The zero-order valence-corrected chi connectivity index (χ0v) is 20.1. The number of carbonyl (C=O) groups is 1. The fourth-order valence-corrected chi connectivity index (χ4v) is 5.66. The Morgan fingerprint density at radius 1 is 1.06 bits per heavy atom. The van der Waals surface area contributed by atoms with Crippen molar-refractivity contribution in [3.05, 3.63) is 59.9 Å². The molecule has 1 aromatic heterocycles. The number of likely N-dealkylation sites (tertiary alicyclic amines) is 1. The lowest BCUT2D eigenvalue weighted by Crippen LogP contribution is -2.46.